The van der Waals surface area contributed by atoms with Crippen molar-refractivity contribution in [1.82, 2.24) is 0 Å². The van der Waals surface area contributed by atoms with Gasteiger partial charge in [-0.15, -0.1) is 0 Å². The minimum Gasteiger partial charge on any atom is -0.519 e. The zero-order valence-electron chi connectivity index (χ0n) is 9.06. The zero-order valence-corrected chi connectivity index (χ0v) is 9.06. The molecular formula is C8H19BO5. The second-order valence-electron chi connectivity index (χ2n) is 3.75. The molecule has 0 fully saturated rings. The molecular weight excluding hydrogens is 187 g/mol. The molecule has 0 radical (unpaired) electrons. The Morgan fingerprint density at radius 2 is 1.36 bits per heavy atom. The van der Waals surface area contributed by atoms with Crippen LogP contribution in [0.4, 0.5) is 0 Å². The van der Waals surface area contributed by atoms with Crippen molar-refractivity contribution in [2.45, 2.75) is 38.9 Å². The molecule has 0 aromatic heterocycles. The van der Waals surface area contributed by atoms with Crippen LogP contribution in [-0.2, 0) is 4.65 Å². The third-order valence-corrected chi connectivity index (χ3v) is 1.72. The molecule has 5 nitrogen and oxygen atoms in total. The Labute approximate surface area is 84.8 Å². The maximum absolute atomic E-state index is 9.10. The fourth-order valence-electron chi connectivity index (χ4n) is 0.0861. The lowest BCUT2D eigenvalue weighted by Gasteiger charge is -2.31. The summed E-state index contributed by atoms with van der Waals surface area (Å²) in [6.45, 7) is 9.36. The monoisotopic (exact) mass is 206 g/mol. The Hall–Kier alpha value is -0.555. The molecule has 0 atom stereocenters. The van der Waals surface area contributed by atoms with Crippen LogP contribution < -0.4 is 0 Å². The van der Waals surface area contributed by atoms with Gasteiger partial charge in [0.25, 0.3) is 0 Å². The van der Waals surface area contributed by atoms with Crippen molar-refractivity contribution in [2.75, 3.05) is 0 Å². The summed E-state index contributed by atoms with van der Waals surface area (Å²) < 4.78 is 3.92. The second kappa shape index (κ2) is 6.03. The summed E-state index contributed by atoms with van der Waals surface area (Å²) in [6, 6.07) is 0. The van der Waals surface area contributed by atoms with E-state index in [1.807, 2.05) is 0 Å². The Kier molecular flexibility index (Phi) is 6.84. The second-order valence-corrected chi connectivity index (χ2v) is 3.75. The van der Waals surface area contributed by atoms with Crippen LogP contribution in [-0.4, -0.2) is 38.8 Å². The third-order valence-electron chi connectivity index (χ3n) is 1.72. The van der Waals surface area contributed by atoms with Crippen molar-refractivity contribution in [3.8, 4) is 0 Å². The van der Waals surface area contributed by atoms with E-state index in [4.69, 9.17) is 20.3 Å². The van der Waals surface area contributed by atoms with Crippen molar-refractivity contribution >= 4 is 7.32 Å². The van der Waals surface area contributed by atoms with E-state index in [1.54, 1.807) is 27.7 Å². The van der Waals surface area contributed by atoms with Crippen molar-refractivity contribution in [3.05, 3.63) is 12.8 Å². The summed E-state index contributed by atoms with van der Waals surface area (Å²) in [4.78, 5) is 0. The van der Waals surface area contributed by atoms with Crippen LogP contribution in [0.3, 0.4) is 0 Å². The SMILES string of the molecule is C=COB(O)O.CC(C)(O)C(C)(C)O. The van der Waals surface area contributed by atoms with Gasteiger partial charge in [0.2, 0.25) is 0 Å². The molecule has 0 heterocycles. The first-order chi connectivity index (χ1) is 6.02. The zero-order chi connectivity index (χ0) is 12.0. The van der Waals surface area contributed by atoms with Crippen molar-refractivity contribution in [3.63, 3.8) is 0 Å². The van der Waals surface area contributed by atoms with E-state index in [-0.39, 0.29) is 0 Å². The molecule has 0 aliphatic carbocycles. The first-order valence-corrected chi connectivity index (χ1v) is 4.09. The van der Waals surface area contributed by atoms with Gasteiger partial charge in [0.1, 0.15) is 0 Å². The molecule has 0 rings (SSSR count). The van der Waals surface area contributed by atoms with Gasteiger partial charge in [-0.25, -0.2) is 0 Å². The van der Waals surface area contributed by atoms with Crippen LogP contribution in [0.2, 0.25) is 0 Å². The van der Waals surface area contributed by atoms with E-state index in [0.717, 1.165) is 6.26 Å². The summed E-state index contributed by atoms with van der Waals surface area (Å²) in [5.41, 5.74) is -2.01. The minimum absolute atomic E-state index is 0.949. The topological polar surface area (TPSA) is 90.2 Å². The predicted molar refractivity (Wildman–Crippen MR) is 54.1 cm³/mol. The first kappa shape index (κ1) is 15.9. The Morgan fingerprint density at radius 1 is 1.07 bits per heavy atom. The van der Waals surface area contributed by atoms with Gasteiger partial charge in [-0.2, -0.15) is 0 Å². The highest BCUT2D eigenvalue weighted by molar-refractivity contribution is 6.32. The van der Waals surface area contributed by atoms with Gasteiger partial charge >= 0.3 is 7.32 Å². The molecule has 0 spiro atoms. The van der Waals surface area contributed by atoms with Crippen molar-refractivity contribution < 1.29 is 24.9 Å². The molecule has 0 saturated carbocycles. The van der Waals surface area contributed by atoms with Crippen LogP contribution >= 0.6 is 0 Å². The van der Waals surface area contributed by atoms with Gasteiger partial charge in [-0.3, -0.25) is 0 Å². The highest BCUT2D eigenvalue weighted by Gasteiger charge is 2.31. The van der Waals surface area contributed by atoms with E-state index in [2.05, 4.69) is 11.2 Å². The Balaban J connectivity index is 0. The van der Waals surface area contributed by atoms with Gasteiger partial charge in [0, 0.05) is 0 Å². The summed E-state index contributed by atoms with van der Waals surface area (Å²) in [7, 11) is -1.72. The molecule has 0 saturated heterocycles. The predicted octanol–water partition coefficient (Wildman–Crippen LogP) is -0.356. The quantitative estimate of drug-likeness (QED) is 0.374. The largest absolute Gasteiger partial charge is 0.707 e. The highest BCUT2D eigenvalue weighted by atomic mass is 16.6. The minimum atomic E-state index is -1.72. The van der Waals surface area contributed by atoms with Gasteiger partial charge in [0.15, 0.2) is 0 Å². The summed E-state index contributed by atoms with van der Waals surface area (Å²) in [5, 5.41) is 33.8. The van der Waals surface area contributed by atoms with Crippen LogP contribution in [0, 0.1) is 0 Å². The van der Waals surface area contributed by atoms with Gasteiger partial charge in [-0.05, 0) is 27.7 Å². The van der Waals surface area contributed by atoms with E-state index in [0.29, 0.717) is 0 Å². The molecule has 0 aromatic carbocycles. The molecule has 0 aliphatic rings. The molecule has 0 aromatic rings. The normalized spacial score (nSPS) is 11.1. The standard InChI is InChI=1S/C6H14O2.C2H5BO3/c1-5(2,7)6(3,4)8;1-2-6-3(4)5/h7-8H,1-4H3;2,4-5H,1H2. The Morgan fingerprint density at radius 3 is 1.36 bits per heavy atom. The lowest BCUT2D eigenvalue weighted by atomic mass is 9.90. The number of hydrogen-bond acceptors (Lipinski definition) is 5. The summed E-state index contributed by atoms with van der Waals surface area (Å²) >= 11 is 0. The molecule has 14 heavy (non-hydrogen) atoms. The van der Waals surface area contributed by atoms with E-state index < -0.39 is 18.5 Å². The van der Waals surface area contributed by atoms with E-state index in [9.17, 15) is 0 Å². The van der Waals surface area contributed by atoms with Gasteiger partial charge < -0.3 is 24.9 Å². The number of hydrogen-bond donors (Lipinski definition) is 4. The summed E-state index contributed by atoms with van der Waals surface area (Å²) in [5.74, 6) is 0. The molecule has 0 unspecified atom stereocenters. The number of aliphatic hydroxyl groups is 2. The number of rotatable bonds is 3. The molecule has 4 N–H and O–H groups in total. The van der Waals surface area contributed by atoms with Crippen LogP contribution in [0.5, 0.6) is 0 Å². The molecule has 0 bridgehead atoms. The highest BCUT2D eigenvalue weighted by Crippen LogP contribution is 2.19. The molecule has 0 amide bonds. The van der Waals surface area contributed by atoms with E-state index in [1.165, 1.54) is 0 Å². The Bertz CT molecular complexity index is 144. The maximum Gasteiger partial charge on any atom is 0.707 e. The summed E-state index contributed by atoms with van der Waals surface area (Å²) in [6.07, 6.45) is 0.949. The van der Waals surface area contributed by atoms with Crippen LogP contribution in [0.25, 0.3) is 0 Å². The van der Waals surface area contributed by atoms with Gasteiger partial charge in [-0.1, -0.05) is 6.58 Å². The fourth-order valence-corrected chi connectivity index (χ4v) is 0.0861. The smallest absolute Gasteiger partial charge is 0.519 e. The molecule has 84 valence electrons. The van der Waals surface area contributed by atoms with Crippen molar-refractivity contribution in [2.24, 2.45) is 0 Å². The first-order valence-electron chi connectivity index (χ1n) is 4.09. The van der Waals surface area contributed by atoms with Crippen LogP contribution in [0.1, 0.15) is 27.7 Å². The average Bonchev–Trinajstić information content (AvgIpc) is 1.82. The molecule has 0 aliphatic heterocycles. The van der Waals surface area contributed by atoms with Crippen molar-refractivity contribution in [1.29, 1.82) is 0 Å². The van der Waals surface area contributed by atoms with E-state index >= 15 is 0 Å². The molecule has 6 heteroatoms. The lowest BCUT2D eigenvalue weighted by Crippen LogP contribution is -2.44. The van der Waals surface area contributed by atoms with Gasteiger partial charge in [0.05, 0.1) is 17.5 Å². The maximum atomic E-state index is 9.10. The van der Waals surface area contributed by atoms with Crippen LogP contribution in [0.15, 0.2) is 12.8 Å². The average molecular weight is 206 g/mol. The fraction of sp³-hybridized carbons (Fsp3) is 0.750. The third kappa shape index (κ3) is 9.53. The lowest BCUT2D eigenvalue weighted by molar-refractivity contribution is -0.107.